The fourth-order valence-corrected chi connectivity index (χ4v) is 1.69. The third-order valence-electron chi connectivity index (χ3n) is 3.23. The molecule has 1 aromatic rings. The maximum atomic E-state index is 13.9. The molecule has 120 valence electrons. The summed E-state index contributed by atoms with van der Waals surface area (Å²) in [5, 5.41) is 12.9. The minimum absolute atomic E-state index is 0.151. The molecule has 1 rings (SSSR count). The predicted molar refractivity (Wildman–Crippen MR) is 79.3 cm³/mol. The number of halogens is 2. The fourth-order valence-electron chi connectivity index (χ4n) is 1.69. The Kier molecular flexibility index (Phi) is 6.55. The van der Waals surface area contributed by atoms with Gasteiger partial charge in [0, 0.05) is 6.54 Å². The molecule has 3 nitrogen and oxygen atoms in total. The smallest absolute Gasteiger partial charge is 0.190 e. The Hall–Kier alpha value is -1.20. The summed E-state index contributed by atoms with van der Waals surface area (Å²) in [6.07, 6.45) is 0.438. The van der Waals surface area contributed by atoms with Gasteiger partial charge in [0.05, 0.1) is 5.60 Å². The van der Waals surface area contributed by atoms with E-state index in [0.29, 0.717) is 24.4 Å². The number of aliphatic hydroxyl groups is 1. The van der Waals surface area contributed by atoms with Crippen LogP contribution in [-0.2, 0) is 6.54 Å². The van der Waals surface area contributed by atoms with Gasteiger partial charge in [-0.25, -0.2) is 8.78 Å². The molecule has 2 N–H and O–H groups in total. The molecule has 0 radical (unpaired) electrons. The highest BCUT2D eigenvalue weighted by Crippen LogP contribution is 2.24. The van der Waals surface area contributed by atoms with Gasteiger partial charge in [-0.1, -0.05) is 20.8 Å². The van der Waals surface area contributed by atoms with Gasteiger partial charge in [0.1, 0.15) is 6.61 Å². The number of rotatable bonds is 8. The second-order valence-corrected chi connectivity index (χ2v) is 6.05. The molecule has 1 atom stereocenters. The lowest BCUT2D eigenvalue weighted by molar-refractivity contribution is 0.00610. The van der Waals surface area contributed by atoms with Crippen molar-refractivity contribution < 1.29 is 18.6 Å². The van der Waals surface area contributed by atoms with Crippen LogP contribution in [0.15, 0.2) is 12.1 Å². The average molecular weight is 301 g/mol. The van der Waals surface area contributed by atoms with Crippen molar-refractivity contribution in [2.45, 2.75) is 46.3 Å². The Morgan fingerprint density at radius 3 is 2.33 bits per heavy atom. The molecule has 0 saturated heterocycles. The molecule has 0 heterocycles. The maximum absolute atomic E-state index is 13.9. The van der Waals surface area contributed by atoms with Crippen LogP contribution in [0.2, 0.25) is 0 Å². The summed E-state index contributed by atoms with van der Waals surface area (Å²) >= 11 is 0. The first-order valence-corrected chi connectivity index (χ1v) is 7.29. The molecule has 0 bridgehead atoms. The summed E-state index contributed by atoms with van der Waals surface area (Å²) in [6, 6.07) is 2.51. The molecule has 0 aliphatic heterocycles. The summed E-state index contributed by atoms with van der Waals surface area (Å²) in [6.45, 7) is 8.49. The summed E-state index contributed by atoms with van der Waals surface area (Å²) in [4.78, 5) is 0. The van der Waals surface area contributed by atoms with Crippen molar-refractivity contribution in [3.05, 3.63) is 29.3 Å². The maximum Gasteiger partial charge on any atom is 0.190 e. The van der Waals surface area contributed by atoms with E-state index < -0.39 is 23.0 Å². The lowest BCUT2D eigenvalue weighted by Gasteiger charge is -2.22. The minimum atomic E-state index is -1.10. The molecule has 1 aromatic carbocycles. The van der Waals surface area contributed by atoms with E-state index in [0.717, 1.165) is 6.54 Å². The second kappa shape index (κ2) is 7.71. The van der Waals surface area contributed by atoms with Crippen LogP contribution in [0.25, 0.3) is 0 Å². The van der Waals surface area contributed by atoms with Crippen LogP contribution >= 0.6 is 0 Å². The fraction of sp³-hybridized carbons (Fsp3) is 0.625. The van der Waals surface area contributed by atoms with Crippen molar-refractivity contribution >= 4 is 0 Å². The van der Waals surface area contributed by atoms with Gasteiger partial charge in [-0.15, -0.1) is 0 Å². The second-order valence-electron chi connectivity index (χ2n) is 6.05. The zero-order chi connectivity index (χ0) is 16.0. The van der Waals surface area contributed by atoms with Gasteiger partial charge in [0.25, 0.3) is 0 Å². The van der Waals surface area contributed by atoms with E-state index in [1.807, 2.05) is 0 Å². The lowest BCUT2D eigenvalue weighted by Crippen LogP contribution is -2.31. The van der Waals surface area contributed by atoms with Crippen LogP contribution < -0.4 is 10.1 Å². The van der Waals surface area contributed by atoms with Crippen molar-refractivity contribution in [3.8, 4) is 5.75 Å². The Morgan fingerprint density at radius 1 is 1.29 bits per heavy atom. The number of ether oxygens (including phenoxy) is 1. The Morgan fingerprint density at radius 2 is 1.86 bits per heavy atom. The summed E-state index contributed by atoms with van der Waals surface area (Å²) < 4.78 is 32.9. The van der Waals surface area contributed by atoms with Gasteiger partial charge in [-0.2, -0.15) is 0 Å². The van der Waals surface area contributed by atoms with Crippen molar-refractivity contribution in [3.63, 3.8) is 0 Å². The van der Waals surface area contributed by atoms with E-state index in [1.54, 1.807) is 13.8 Å². The van der Waals surface area contributed by atoms with Crippen LogP contribution in [-0.4, -0.2) is 23.9 Å². The van der Waals surface area contributed by atoms with E-state index in [1.165, 1.54) is 12.1 Å². The molecule has 0 aromatic heterocycles. The molecular weight excluding hydrogens is 276 g/mol. The van der Waals surface area contributed by atoms with E-state index in [-0.39, 0.29) is 6.61 Å². The summed E-state index contributed by atoms with van der Waals surface area (Å²) in [7, 11) is 0. The van der Waals surface area contributed by atoms with Crippen molar-refractivity contribution in [1.29, 1.82) is 0 Å². The number of hydrogen-bond donors (Lipinski definition) is 2. The Balaban J connectivity index is 2.71. The van der Waals surface area contributed by atoms with Gasteiger partial charge in [-0.05, 0) is 43.5 Å². The standard InChI is InChI=1S/C16H25F2NO2/c1-5-16(4,20)10-21-15-13(17)6-12(7-14(15)18)9-19-8-11(2)3/h6-7,11,19-20H,5,8-10H2,1-4H3. The topological polar surface area (TPSA) is 41.5 Å². The summed E-state index contributed by atoms with van der Waals surface area (Å²) in [5.74, 6) is -1.46. The largest absolute Gasteiger partial charge is 0.485 e. The van der Waals surface area contributed by atoms with Crippen LogP contribution in [0, 0.1) is 17.6 Å². The first-order valence-electron chi connectivity index (χ1n) is 7.29. The van der Waals surface area contributed by atoms with Gasteiger partial charge in [0.2, 0.25) is 0 Å². The van der Waals surface area contributed by atoms with Crippen molar-refractivity contribution in [1.82, 2.24) is 5.32 Å². The van der Waals surface area contributed by atoms with Crippen LogP contribution in [0.3, 0.4) is 0 Å². The average Bonchev–Trinajstić information content (AvgIpc) is 2.37. The molecule has 0 fully saturated rings. The molecule has 5 heteroatoms. The molecule has 0 spiro atoms. The van der Waals surface area contributed by atoms with Crippen molar-refractivity contribution in [2.24, 2.45) is 5.92 Å². The SMILES string of the molecule is CCC(C)(O)COc1c(F)cc(CNCC(C)C)cc1F. The van der Waals surface area contributed by atoms with E-state index in [4.69, 9.17) is 4.74 Å². The molecule has 21 heavy (non-hydrogen) atoms. The Labute approximate surface area is 125 Å². The Bertz CT molecular complexity index is 439. The van der Waals surface area contributed by atoms with Gasteiger partial charge in [0.15, 0.2) is 17.4 Å². The molecular formula is C16H25F2NO2. The molecule has 0 aliphatic carbocycles. The highest BCUT2D eigenvalue weighted by Gasteiger charge is 2.21. The van der Waals surface area contributed by atoms with E-state index >= 15 is 0 Å². The van der Waals surface area contributed by atoms with E-state index in [9.17, 15) is 13.9 Å². The van der Waals surface area contributed by atoms with Crippen molar-refractivity contribution in [2.75, 3.05) is 13.2 Å². The molecule has 0 amide bonds. The van der Waals surface area contributed by atoms with Crippen LogP contribution in [0.5, 0.6) is 5.75 Å². The third-order valence-corrected chi connectivity index (χ3v) is 3.23. The molecule has 0 saturated carbocycles. The van der Waals surface area contributed by atoms with Crippen LogP contribution in [0.4, 0.5) is 8.78 Å². The number of benzene rings is 1. The zero-order valence-electron chi connectivity index (χ0n) is 13.2. The monoisotopic (exact) mass is 301 g/mol. The van der Waals surface area contributed by atoms with E-state index in [2.05, 4.69) is 19.2 Å². The first kappa shape index (κ1) is 17.9. The molecule has 0 aliphatic rings. The van der Waals surface area contributed by atoms with Gasteiger partial charge < -0.3 is 15.2 Å². The predicted octanol–water partition coefficient (Wildman–Crippen LogP) is 3.25. The number of nitrogens with one attached hydrogen (secondary N) is 1. The van der Waals surface area contributed by atoms with Gasteiger partial charge in [-0.3, -0.25) is 0 Å². The zero-order valence-corrected chi connectivity index (χ0v) is 13.2. The number of hydrogen-bond acceptors (Lipinski definition) is 3. The normalized spacial score (nSPS) is 14.3. The van der Waals surface area contributed by atoms with Crippen LogP contribution in [0.1, 0.15) is 39.7 Å². The lowest BCUT2D eigenvalue weighted by atomic mass is 10.1. The minimum Gasteiger partial charge on any atom is -0.485 e. The highest BCUT2D eigenvalue weighted by atomic mass is 19.1. The third kappa shape index (κ3) is 5.98. The summed E-state index contributed by atoms with van der Waals surface area (Å²) in [5.41, 5.74) is -0.573. The first-order chi connectivity index (χ1) is 9.75. The van der Waals surface area contributed by atoms with Gasteiger partial charge >= 0.3 is 0 Å². The molecule has 1 unspecified atom stereocenters. The quantitative estimate of drug-likeness (QED) is 0.774. The highest BCUT2D eigenvalue weighted by molar-refractivity contribution is 5.31.